The summed E-state index contributed by atoms with van der Waals surface area (Å²) >= 11 is 2.60. The van der Waals surface area contributed by atoms with Crippen molar-refractivity contribution >= 4 is 51.3 Å². The van der Waals surface area contributed by atoms with Crippen LogP contribution in [0.15, 0.2) is 35.0 Å². The van der Waals surface area contributed by atoms with Gasteiger partial charge in [0.05, 0.1) is 0 Å². The summed E-state index contributed by atoms with van der Waals surface area (Å²) in [5.41, 5.74) is 2.73. The number of nitriles is 1. The van der Waals surface area contributed by atoms with E-state index in [0.717, 1.165) is 39.4 Å². The highest BCUT2D eigenvalue weighted by molar-refractivity contribution is 7.99. The van der Waals surface area contributed by atoms with Crippen LogP contribution >= 0.6 is 23.3 Å². The molecular weight excluding hydrogens is 354 g/mol. The van der Waals surface area contributed by atoms with Crippen molar-refractivity contribution in [2.75, 3.05) is 11.1 Å². The molecule has 0 atom stereocenters. The molecule has 1 amide bonds. The molecule has 0 aliphatic heterocycles. The van der Waals surface area contributed by atoms with Gasteiger partial charge in [0.1, 0.15) is 11.6 Å². The summed E-state index contributed by atoms with van der Waals surface area (Å²) in [5.74, 6) is 0.365. The lowest BCUT2D eigenvalue weighted by Gasteiger charge is -2.00. The van der Waals surface area contributed by atoms with Gasteiger partial charge in [-0.1, -0.05) is 36.9 Å². The zero-order valence-electron chi connectivity index (χ0n) is 13.7. The molecule has 0 aliphatic rings. The highest BCUT2D eigenvalue weighted by atomic mass is 32.2. The van der Waals surface area contributed by atoms with Crippen LogP contribution in [-0.4, -0.2) is 26.0 Å². The average Bonchev–Trinajstić information content (AvgIpc) is 3.16. The van der Waals surface area contributed by atoms with Crippen molar-refractivity contribution in [2.45, 2.75) is 19.0 Å². The molecule has 3 rings (SSSR count). The first-order valence-electron chi connectivity index (χ1n) is 7.59. The van der Waals surface area contributed by atoms with E-state index in [1.165, 1.54) is 11.8 Å². The third kappa shape index (κ3) is 3.73. The summed E-state index contributed by atoms with van der Waals surface area (Å²) in [5, 5.41) is 14.0. The SMILES string of the molecule is CCSc1nsc(NC(=O)/C(C#N)=C\c2c(C)[nH]c3ccccc23)n1. The Morgan fingerprint density at radius 2 is 2.28 bits per heavy atom. The average molecular weight is 369 g/mol. The van der Waals surface area contributed by atoms with Crippen LogP contribution in [0.4, 0.5) is 5.13 Å². The van der Waals surface area contributed by atoms with Crippen LogP contribution in [0.2, 0.25) is 0 Å². The molecule has 1 aromatic carbocycles. The van der Waals surface area contributed by atoms with Crippen LogP contribution in [0.3, 0.4) is 0 Å². The van der Waals surface area contributed by atoms with E-state index in [1.807, 2.05) is 44.2 Å². The molecule has 6 nitrogen and oxygen atoms in total. The lowest BCUT2D eigenvalue weighted by Crippen LogP contribution is -2.13. The second-order valence-electron chi connectivity index (χ2n) is 5.15. The number of hydrogen-bond donors (Lipinski definition) is 2. The molecule has 0 fully saturated rings. The second kappa shape index (κ2) is 7.51. The number of para-hydroxylation sites is 1. The van der Waals surface area contributed by atoms with Gasteiger partial charge in [0.2, 0.25) is 10.3 Å². The second-order valence-corrected chi connectivity index (χ2v) is 7.13. The molecule has 0 unspecified atom stereocenters. The smallest absolute Gasteiger partial charge is 0.268 e. The Hall–Kier alpha value is -2.63. The Morgan fingerprint density at radius 1 is 1.48 bits per heavy atom. The fraction of sp³-hybridized carbons (Fsp3) is 0.176. The number of benzene rings is 1. The number of anilines is 1. The van der Waals surface area contributed by atoms with Gasteiger partial charge in [0, 0.05) is 33.7 Å². The Morgan fingerprint density at radius 3 is 3.04 bits per heavy atom. The molecule has 0 bridgehead atoms. The first kappa shape index (κ1) is 17.2. The van der Waals surface area contributed by atoms with Crippen LogP contribution in [0.25, 0.3) is 17.0 Å². The summed E-state index contributed by atoms with van der Waals surface area (Å²) in [7, 11) is 0. The van der Waals surface area contributed by atoms with E-state index < -0.39 is 5.91 Å². The Balaban J connectivity index is 1.87. The van der Waals surface area contributed by atoms with Crippen LogP contribution in [0, 0.1) is 18.3 Å². The topological polar surface area (TPSA) is 94.5 Å². The molecule has 0 saturated carbocycles. The number of nitrogens with one attached hydrogen (secondary N) is 2. The number of nitrogens with zero attached hydrogens (tertiary/aromatic N) is 3. The van der Waals surface area contributed by atoms with Gasteiger partial charge in [-0.2, -0.15) is 14.6 Å². The highest BCUT2D eigenvalue weighted by Crippen LogP contribution is 2.25. The molecule has 126 valence electrons. The predicted octanol–water partition coefficient (Wildman–Crippen LogP) is 3.99. The largest absolute Gasteiger partial charge is 0.358 e. The molecule has 8 heteroatoms. The molecule has 2 heterocycles. The van der Waals surface area contributed by atoms with Gasteiger partial charge < -0.3 is 4.98 Å². The van der Waals surface area contributed by atoms with Crippen molar-refractivity contribution in [2.24, 2.45) is 0 Å². The third-order valence-electron chi connectivity index (χ3n) is 3.50. The minimum Gasteiger partial charge on any atom is -0.358 e. The predicted molar refractivity (Wildman–Crippen MR) is 102 cm³/mol. The first-order valence-corrected chi connectivity index (χ1v) is 9.35. The van der Waals surface area contributed by atoms with E-state index in [4.69, 9.17) is 0 Å². The van der Waals surface area contributed by atoms with E-state index in [1.54, 1.807) is 6.08 Å². The number of aromatic nitrogens is 3. The van der Waals surface area contributed by atoms with Gasteiger partial charge in [0.25, 0.3) is 5.91 Å². The maximum absolute atomic E-state index is 12.4. The van der Waals surface area contributed by atoms with Gasteiger partial charge in [-0.3, -0.25) is 10.1 Å². The minimum atomic E-state index is -0.489. The van der Waals surface area contributed by atoms with E-state index >= 15 is 0 Å². The molecule has 25 heavy (non-hydrogen) atoms. The number of amides is 1. The lowest BCUT2D eigenvalue weighted by molar-refractivity contribution is -0.112. The molecule has 0 saturated heterocycles. The van der Waals surface area contributed by atoms with Crippen LogP contribution < -0.4 is 5.32 Å². The number of carbonyl (C=O) groups is 1. The minimum absolute atomic E-state index is 0.0211. The van der Waals surface area contributed by atoms with Crippen LogP contribution in [-0.2, 0) is 4.79 Å². The fourth-order valence-corrected chi connectivity index (χ4v) is 3.66. The van der Waals surface area contributed by atoms with Crippen molar-refractivity contribution in [3.8, 4) is 6.07 Å². The van der Waals surface area contributed by atoms with Crippen LogP contribution in [0.5, 0.6) is 0 Å². The highest BCUT2D eigenvalue weighted by Gasteiger charge is 2.15. The zero-order valence-corrected chi connectivity index (χ0v) is 15.3. The number of aryl methyl sites for hydroxylation is 1. The molecular formula is C17H15N5OS2. The molecule has 0 spiro atoms. The van der Waals surface area contributed by atoms with Gasteiger partial charge in [-0.25, -0.2) is 0 Å². The number of carbonyl (C=O) groups excluding carboxylic acids is 1. The fourth-order valence-electron chi connectivity index (χ4n) is 2.39. The molecule has 0 aliphatic carbocycles. The monoisotopic (exact) mass is 369 g/mol. The Kier molecular flexibility index (Phi) is 5.16. The summed E-state index contributed by atoms with van der Waals surface area (Å²) in [6.07, 6.45) is 1.60. The number of aromatic amines is 1. The van der Waals surface area contributed by atoms with E-state index in [9.17, 15) is 10.1 Å². The van der Waals surface area contributed by atoms with E-state index in [2.05, 4.69) is 19.7 Å². The number of fused-ring (bicyclic) bond motifs is 1. The maximum Gasteiger partial charge on any atom is 0.268 e. The van der Waals surface area contributed by atoms with Crippen molar-refractivity contribution in [3.63, 3.8) is 0 Å². The number of rotatable bonds is 5. The van der Waals surface area contributed by atoms with Crippen molar-refractivity contribution in [3.05, 3.63) is 41.1 Å². The summed E-state index contributed by atoms with van der Waals surface area (Å²) in [6, 6.07) is 9.74. The first-order chi connectivity index (χ1) is 12.1. The lowest BCUT2D eigenvalue weighted by atomic mass is 10.1. The van der Waals surface area contributed by atoms with Gasteiger partial charge >= 0.3 is 0 Å². The van der Waals surface area contributed by atoms with Crippen LogP contribution in [0.1, 0.15) is 18.2 Å². The van der Waals surface area contributed by atoms with Gasteiger partial charge in [-0.15, -0.1) is 0 Å². The Bertz CT molecular complexity index is 996. The normalized spacial score (nSPS) is 11.5. The molecule has 2 N–H and O–H groups in total. The quantitative estimate of drug-likeness (QED) is 0.403. The van der Waals surface area contributed by atoms with E-state index in [0.29, 0.717) is 10.3 Å². The third-order valence-corrected chi connectivity index (χ3v) is 4.97. The number of H-pyrrole nitrogens is 1. The van der Waals surface area contributed by atoms with Crippen molar-refractivity contribution < 1.29 is 4.79 Å². The summed E-state index contributed by atoms with van der Waals surface area (Å²) in [4.78, 5) is 19.9. The van der Waals surface area contributed by atoms with Gasteiger partial charge in [0.15, 0.2) is 0 Å². The van der Waals surface area contributed by atoms with Gasteiger partial charge in [-0.05, 0) is 24.8 Å². The van der Waals surface area contributed by atoms with Crippen molar-refractivity contribution in [1.29, 1.82) is 5.26 Å². The molecule has 3 aromatic rings. The summed E-state index contributed by atoms with van der Waals surface area (Å²) < 4.78 is 4.15. The zero-order chi connectivity index (χ0) is 17.8. The Labute approximate surface area is 153 Å². The molecule has 0 radical (unpaired) electrons. The molecule has 2 aromatic heterocycles. The standard InChI is InChI=1S/C17H15N5OS2/c1-3-24-17-21-16(25-22-17)20-15(23)11(9-18)8-13-10(2)19-14-7-5-4-6-12(13)14/h4-8,19H,3H2,1-2H3,(H,20,21,22,23)/b11-8-. The van der Waals surface area contributed by atoms with E-state index in [-0.39, 0.29) is 5.57 Å². The maximum atomic E-state index is 12.4. The summed E-state index contributed by atoms with van der Waals surface area (Å²) in [6.45, 7) is 3.92. The number of thioether (sulfide) groups is 1. The number of hydrogen-bond acceptors (Lipinski definition) is 6. The van der Waals surface area contributed by atoms with Crippen molar-refractivity contribution in [1.82, 2.24) is 14.3 Å².